The zero-order valence-electron chi connectivity index (χ0n) is 12.3. The molecule has 0 unspecified atom stereocenters. The van der Waals surface area contributed by atoms with E-state index in [4.69, 9.17) is 10.00 Å². The van der Waals surface area contributed by atoms with Gasteiger partial charge in [0.05, 0.1) is 11.6 Å². The molecule has 0 aliphatic heterocycles. The number of nitriles is 1. The van der Waals surface area contributed by atoms with E-state index in [1.165, 1.54) is 13.1 Å². The molecule has 0 fully saturated rings. The Hall–Kier alpha value is -2.21. The first-order valence-corrected chi connectivity index (χ1v) is 8.90. The number of carbonyl (C=O) groups is 1. The summed E-state index contributed by atoms with van der Waals surface area (Å²) in [6, 6.07) is 11.9. The number of hydrogen-bond donors (Lipinski definition) is 0. The molecule has 0 radical (unpaired) electrons. The Bertz CT molecular complexity index is 823. The summed E-state index contributed by atoms with van der Waals surface area (Å²) >= 11 is 1.08. The van der Waals surface area contributed by atoms with Gasteiger partial charge in [-0.3, -0.25) is 4.79 Å². The maximum absolute atomic E-state index is 12.2. The maximum atomic E-state index is 12.2. The van der Waals surface area contributed by atoms with Crippen molar-refractivity contribution >= 4 is 27.3 Å². The topological polar surface area (TPSA) is 87.5 Å². The number of benzene rings is 1. The van der Waals surface area contributed by atoms with E-state index >= 15 is 0 Å². The second-order valence-corrected chi connectivity index (χ2v) is 7.84. The second-order valence-electron chi connectivity index (χ2n) is 4.62. The van der Waals surface area contributed by atoms with Gasteiger partial charge >= 0.3 is 5.97 Å². The summed E-state index contributed by atoms with van der Waals surface area (Å²) in [7, 11) is -2.37. The van der Waals surface area contributed by atoms with E-state index in [0.29, 0.717) is 11.1 Å². The number of likely N-dealkylation sites (N-methyl/N-ethyl adjacent to an activating group) is 1. The number of nitrogens with zero attached hydrogens (tertiary/aromatic N) is 2. The smallest absolute Gasteiger partial charge is 0.321 e. The number of sulfonamides is 1. The SMILES string of the molecule is CN(CC(=O)OCc1ccccc1C#N)S(=O)(=O)c1cccs1. The van der Waals surface area contributed by atoms with Gasteiger partial charge in [-0.15, -0.1) is 11.3 Å². The Labute approximate surface area is 138 Å². The molecule has 2 aromatic rings. The quantitative estimate of drug-likeness (QED) is 0.744. The van der Waals surface area contributed by atoms with Gasteiger partial charge in [-0.2, -0.15) is 9.57 Å². The summed E-state index contributed by atoms with van der Waals surface area (Å²) in [6.07, 6.45) is 0. The lowest BCUT2D eigenvalue weighted by Gasteiger charge is -2.15. The molecule has 0 saturated carbocycles. The van der Waals surface area contributed by atoms with Crippen LogP contribution >= 0.6 is 11.3 Å². The van der Waals surface area contributed by atoms with Gasteiger partial charge < -0.3 is 4.74 Å². The van der Waals surface area contributed by atoms with Crippen molar-refractivity contribution in [1.82, 2.24) is 4.31 Å². The Morgan fingerprint density at radius 3 is 2.70 bits per heavy atom. The van der Waals surface area contributed by atoms with E-state index in [0.717, 1.165) is 15.6 Å². The highest BCUT2D eigenvalue weighted by atomic mass is 32.2. The Balaban J connectivity index is 1.96. The third kappa shape index (κ3) is 4.16. The lowest BCUT2D eigenvalue weighted by molar-refractivity contribution is -0.144. The van der Waals surface area contributed by atoms with Gasteiger partial charge in [0.25, 0.3) is 10.0 Å². The molecule has 1 aromatic heterocycles. The lowest BCUT2D eigenvalue weighted by atomic mass is 10.1. The summed E-state index contributed by atoms with van der Waals surface area (Å²) < 4.78 is 30.5. The first-order chi connectivity index (χ1) is 10.9. The zero-order chi connectivity index (χ0) is 16.9. The van der Waals surface area contributed by atoms with Crippen LogP contribution < -0.4 is 0 Å². The van der Waals surface area contributed by atoms with Crippen molar-refractivity contribution in [2.24, 2.45) is 0 Å². The molecule has 1 heterocycles. The van der Waals surface area contributed by atoms with Crippen LogP contribution in [0.1, 0.15) is 11.1 Å². The van der Waals surface area contributed by atoms with Crippen LogP contribution in [0.2, 0.25) is 0 Å². The highest BCUT2D eigenvalue weighted by Crippen LogP contribution is 2.19. The Kier molecular flexibility index (Phi) is 5.50. The largest absolute Gasteiger partial charge is 0.460 e. The number of ether oxygens (including phenoxy) is 1. The van der Waals surface area contributed by atoms with Crippen LogP contribution in [0.5, 0.6) is 0 Å². The van der Waals surface area contributed by atoms with Crippen molar-refractivity contribution in [1.29, 1.82) is 5.26 Å². The molecule has 120 valence electrons. The second kappa shape index (κ2) is 7.37. The zero-order valence-corrected chi connectivity index (χ0v) is 13.9. The maximum Gasteiger partial charge on any atom is 0.321 e. The van der Waals surface area contributed by atoms with Crippen LogP contribution in [0.3, 0.4) is 0 Å². The van der Waals surface area contributed by atoms with Crippen molar-refractivity contribution in [2.45, 2.75) is 10.8 Å². The van der Waals surface area contributed by atoms with Crippen LogP contribution in [0.4, 0.5) is 0 Å². The van der Waals surface area contributed by atoms with Crippen molar-refractivity contribution in [3.63, 3.8) is 0 Å². The highest BCUT2D eigenvalue weighted by molar-refractivity contribution is 7.91. The average molecular weight is 350 g/mol. The number of carbonyl (C=O) groups excluding carboxylic acids is 1. The molecular formula is C15H14N2O4S2. The van der Waals surface area contributed by atoms with E-state index in [1.54, 1.807) is 35.7 Å². The third-order valence-electron chi connectivity index (χ3n) is 3.04. The summed E-state index contributed by atoms with van der Waals surface area (Å²) in [4.78, 5) is 11.8. The molecule has 0 spiro atoms. The molecule has 0 amide bonds. The minimum absolute atomic E-state index is 0.0740. The average Bonchev–Trinajstić information content (AvgIpc) is 3.08. The number of thiophene rings is 1. The molecule has 0 aliphatic carbocycles. The van der Waals surface area contributed by atoms with E-state index in [9.17, 15) is 13.2 Å². The molecule has 0 saturated heterocycles. The minimum Gasteiger partial charge on any atom is -0.460 e. The predicted octanol–water partition coefficient (Wildman–Crippen LogP) is 1.98. The molecule has 0 aliphatic rings. The van der Waals surface area contributed by atoms with Gasteiger partial charge in [0.1, 0.15) is 17.4 Å². The van der Waals surface area contributed by atoms with E-state index < -0.39 is 22.5 Å². The Morgan fingerprint density at radius 1 is 1.30 bits per heavy atom. The molecule has 2 rings (SSSR count). The normalized spacial score (nSPS) is 11.2. The van der Waals surface area contributed by atoms with Gasteiger partial charge in [0.2, 0.25) is 0 Å². The van der Waals surface area contributed by atoms with Gasteiger partial charge in [0, 0.05) is 12.6 Å². The van der Waals surface area contributed by atoms with Crippen molar-refractivity contribution in [3.05, 3.63) is 52.9 Å². The number of rotatable bonds is 6. The van der Waals surface area contributed by atoms with E-state index in [1.807, 2.05) is 6.07 Å². The minimum atomic E-state index is -3.69. The van der Waals surface area contributed by atoms with E-state index in [2.05, 4.69) is 0 Å². The van der Waals surface area contributed by atoms with Gasteiger partial charge in [0.15, 0.2) is 0 Å². The molecule has 1 aromatic carbocycles. The predicted molar refractivity (Wildman–Crippen MR) is 85.1 cm³/mol. The highest BCUT2D eigenvalue weighted by Gasteiger charge is 2.24. The summed E-state index contributed by atoms with van der Waals surface area (Å²) in [5.74, 6) is -0.680. The molecule has 8 heteroatoms. The van der Waals surface area contributed by atoms with Crippen LogP contribution in [0.15, 0.2) is 46.0 Å². The standard InChI is InChI=1S/C15H14N2O4S2/c1-17(23(19,20)15-7-4-8-22-15)10-14(18)21-11-13-6-3-2-5-12(13)9-16/h2-8H,10-11H2,1H3. The molecule has 0 bridgehead atoms. The molecular weight excluding hydrogens is 336 g/mol. The summed E-state index contributed by atoms with van der Waals surface area (Å²) in [5.41, 5.74) is 0.993. The van der Waals surface area contributed by atoms with Gasteiger partial charge in [-0.25, -0.2) is 8.42 Å². The van der Waals surface area contributed by atoms with Crippen molar-refractivity contribution in [3.8, 4) is 6.07 Å². The fourth-order valence-electron chi connectivity index (χ4n) is 1.79. The lowest BCUT2D eigenvalue weighted by Crippen LogP contribution is -2.32. The summed E-state index contributed by atoms with van der Waals surface area (Å²) in [6.45, 7) is -0.468. The first kappa shape index (κ1) is 17.1. The molecule has 0 N–H and O–H groups in total. The van der Waals surface area contributed by atoms with Crippen LogP contribution in [0, 0.1) is 11.3 Å². The first-order valence-electron chi connectivity index (χ1n) is 6.58. The van der Waals surface area contributed by atoms with Gasteiger partial charge in [-0.1, -0.05) is 24.3 Å². The third-order valence-corrected chi connectivity index (χ3v) is 6.21. The fourth-order valence-corrected chi connectivity index (χ4v) is 4.11. The molecule has 0 atom stereocenters. The van der Waals surface area contributed by atoms with Crippen molar-refractivity contribution in [2.75, 3.05) is 13.6 Å². The fraction of sp³-hybridized carbons (Fsp3) is 0.200. The van der Waals surface area contributed by atoms with E-state index in [-0.39, 0.29) is 10.8 Å². The van der Waals surface area contributed by atoms with Crippen LogP contribution in [-0.2, 0) is 26.2 Å². The van der Waals surface area contributed by atoms with Crippen molar-refractivity contribution < 1.29 is 17.9 Å². The number of hydrogen-bond acceptors (Lipinski definition) is 6. The Morgan fingerprint density at radius 2 is 2.04 bits per heavy atom. The summed E-state index contributed by atoms with van der Waals surface area (Å²) in [5, 5.41) is 10.6. The van der Waals surface area contributed by atoms with Gasteiger partial charge in [-0.05, 0) is 17.5 Å². The molecule has 23 heavy (non-hydrogen) atoms. The monoisotopic (exact) mass is 350 g/mol. The van der Waals surface area contributed by atoms with Crippen LogP contribution in [0.25, 0.3) is 0 Å². The van der Waals surface area contributed by atoms with Crippen LogP contribution in [-0.4, -0.2) is 32.3 Å². The number of esters is 1. The molecule has 6 nitrogen and oxygen atoms in total.